The van der Waals surface area contributed by atoms with E-state index in [-0.39, 0.29) is 0 Å². The van der Waals surface area contributed by atoms with Gasteiger partial charge in [0.15, 0.2) is 8.07 Å². The molecule has 0 N–H and O–H groups in total. The fourth-order valence-electron chi connectivity index (χ4n) is 6.29. The molecule has 180 valence electrons. The highest BCUT2D eigenvalue weighted by Gasteiger charge is 2.46. The number of rotatable bonds is 5. The van der Waals surface area contributed by atoms with Crippen molar-refractivity contribution in [3.05, 3.63) is 142 Å². The summed E-state index contributed by atoms with van der Waals surface area (Å²) in [5.74, 6) is 0. The van der Waals surface area contributed by atoms with Crippen molar-refractivity contribution in [1.29, 1.82) is 0 Å². The van der Waals surface area contributed by atoms with Gasteiger partial charge in [-0.15, -0.1) is 0 Å². The molecule has 0 saturated carbocycles. The van der Waals surface area contributed by atoms with E-state index in [0.29, 0.717) is 5.54 Å². The molecule has 0 saturated heterocycles. The Morgan fingerprint density at radius 3 is 1.28 bits per heavy atom. The molecule has 1 aliphatic rings. The summed E-state index contributed by atoms with van der Waals surface area (Å²) < 4.78 is 0. The van der Waals surface area contributed by atoms with Crippen LogP contribution in [0.3, 0.4) is 0 Å². The average molecular weight is 485 g/mol. The first-order chi connectivity index (χ1) is 17.3. The summed E-state index contributed by atoms with van der Waals surface area (Å²) in [6.07, 6.45) is 7.39. The topological polar surface area (TPSA) is 0 Å². The van der Waals surface area contributed by atoms with E-state index in [4.69, 9.17) is 0 Å². The number of hydrogen-bond donors (Lipinski definition) is 0. The van der Waals surface area contributed by atoms with Gasteiger partial charge < -0.3 is 0 Å². The summed E-state index contributed by atoms with van der Waals surface area (Å²) in [6.45, 7) is 13.5. The Labute approximate surface area is 218 Å². The van der Waals surface area contributed by atoms with E-state index < -0.39 is 8.07 Å². The molecule has 1 aliphatic carbocycles. The van der Waals surface area contributed by atoms with Crippen molar-refractivity contribution >= 4 is 29.2 Å². The molecule has 1 atom stereocenters. The maximum absolute atomic E-state index is 2.55. The Kier molecular flexibility index (Phi) is 6.45. The Balaban J connectivity index is 1.89. The van der Waals surface area contributed by atoms with Crippen LogP contribution >= 0.6 is 0 Å². The highest BCUT2D eigenvalue weighted by atomic mass is 28.3. The Morgan fingerprint density at radius 1 is 0.500 bits per heavy atom. The first-order valence-electron chi connectivity index (χ1n) is 13.0. The van der Waals surface area contributed by atoms with Crippen LogP contribution in [0.1, 0.15) is 38.9 Å². The molecule has 4 aromatic rings. The second kappa shape index (κ2) is 9.56. The van der Waals surface area contributed by atoms with Crippen LogP contribution in [0.4, 0.5) is 0 Å². The standard InChI is InChI=1S/C35H36Si/c1-24-14-25(2)18-33(17-24)36(34-19-26(3)15-27(4)20-34,35-21-28(5)16-29(6)22-35)32-13-12-31(23-32)30-10-8-7-9-11-30/h7-23,32H,1-6H3. The summed E-state index contributed by atoms with van der Waals surface area (Å²) in [5, 5.41) is 4.49. The van der Waals surface area contributed by atoms with Crippen LogP contribution in [0.5, 0.6) is 0 Å². The van der Waals surface area contributed by atoms with Gasteiger partial charge in [-0.05, 0) is 68.2 Å². The molecule has 0 aliphatic heterocycles. The third kappa shape index (κ3) is 4.44. The fraction of sp³-hybridized carbons (Fsp3) is 0.200. The average Bonchev–Trinajstić information content (AvgIpc) is 3.29. The normalized spacial score (nSPS) is 15.3. The number of aryl methyl sites for hydroxylation is 6. The molecule has 5 rings (SSSR count). The molecule has 0 radical (unpaired) electrons. The van der Waals surface area contributed by atoms with Gasteiger partial charge in [-0.3, -0.25) is 0 Å². The lowest BCUT2D eigenvalue weighted by Crippen LogP contribution is -2.69. The molecule has 0 amide bonds. The smallest absolute Gasteiger partial charge is 0.0787 e. The fourth-order valence-corrected chi connectivity index (χ4v) is 12.0. The monoisotopic (exact) mass is 484 g/mol. The van der Waals surface area contributed by atoms with E-state index in [0.717, 1.165) is 0 Å². The van der Waals surface area contributed by atoms with Gasteiger partial charge in [0.05, 0.1) is 0 Å². The first kappa shape index (κ1) is 24.3. The van der Waals surface area contributed by atoms with Gasteiger partial charge in [0, 0.05) is 5.54 Å². The van der Waals surface area contributed by atoms with Crippen LogP contribution < -0.4 is 15.6 Å². The number of benzene rings is 4. The molecule has 0 bridgehead atoms. The van der Waals surface area contributed by atoms with Gasteiger partial charge in [-0.2, -0.15) is 0 Å². The quantitative estimate of drug-likeness (QED) is 0.211. The van der Waals surface area contributed by atoms with E-state index in [2.05, 4.69) is 145 Å². The molecule has 0 aromatic heterocycles. The van der Waals surface area contributed by atoms with Crippen LogP contribution in [-0.2, 0) is 0 Å². The maximum Gasteiger partial charge on any atom is 0.158 e. The first-order valence-corrected chi connectivity index (χ1v) is 15.1. The van der Waals surface area contributed by atoms with Crippen LogP contribution in [0.2, 0.25) is 5.54 Å². The van der Waals surface area contributed by atoms with E-state index >= 15 is 0 Å². The van der Waals surface area contributed by atoms with Crippen LogP contribution in [0, 0.1) is 41.5 Å². The predicted molar refractivity (Wildman–Crippen MR) is 160 cm³/mol. The van der Waals surface area contributed by atoms with E-state index in [1.807, 2.05) is 0 Å². The highest BCUT2D eigenvalue weighted by Crippen LogP contribution is 2.36. The third-order valence-corrected chi connectivity index (χ3v) is 12.4. The van der Waals surface area contributed by atoms with Crippen molar-refractivity contribution < 1.29 is 0 Å². The molecule has 1 heteroatoms. The van der Waals surface area contributed by atoms with Gasteiger partial charge in [0.2, 0.25) is 0 Å². The lowest BCUT2D eigenvalue weighted by Gasteiger charge is -2.39. The van der Waals surface area contributed by atoms with Crippen LogP contribution in [0.15, 0.2) is 103 Å². The summed E-state index contributed by atoms with van der Waals surface area (Å²) >= 11 is 0. The van der Waals surface area contributed by atoms with Crippen molar-refractivity contribution in [2.75, 3.05) is 0 Å². The summed E-state index contributed by atoms with van der Waals surface area (Å²) in [5.41, 5.74) is 11.0. The predicted octanol–water partition coefficient (Wildman–Crippen LogP) is 7.03. The largest absolute Gasteiger partial charge is 0.158 e. The SMILES string of the molecule is Cc1cc(C)cc([Si](c2cc(C)cc(C)c2)(c2cc(C)cc(C)c2)C2C=CC(c3ccccc3)=C2)c1. The highest BCUT2D eigenvalue weighted by molar-refractivity contribution is 7.13. The van der Waals surface area contributed by atoms with Crippen molar-refractivity contribution in [1.82, 2.24) is 0 Å². The van der Waals surface area contributed by atoms with E-state index in [1.165, 1.54) is 60.1 Å². The molecule has 4 aromatic carbocycles. The minimum atomic E-state index is -2.52. The lowest BCUT2D eigenvalue weighted by atomic mass is 10.1. The van der Waals surface area contributed by atoms with Crippen molar-refractivity contribution in [2.45, 2.75) is 47.1 Å². The maximum atomic E-state index is 2.55. The molecule has 0 heterocycles. The molecule has 36 heavy (non-hydrogen) atoms. The number of allylic oxidation sites excluding steroid dienone is 4. The minimum absolute atomic E-state index is 0.316. The summed E-state index contributed by atoms with van der Waals surface area (Å²) in [7, 11) is -2.52. The van der Waals surface area contributed by atoms with Gasteiger partial charge in [-0.1, -0.05) is 137 Å². The zero-order valence-corrected chi connectivity index (χ0v) is 23.4. The molecule has 0 fully saturated rings. The zero-order valence-electron chi connectivity index (χ0n) is 22.4. The van der Waals surface area contributed by atoms with E-state index in [1.54, 1.807) is 0 Å². The summed E-state index contributed by atoms with van der Waals surface area (Å²) in [4.78, 5) is 0. The van der Waals surface area contributed by atoms with E-state index in [9.17, 15) is 0 Å². The van der Waals surface area contributed by atoms with Gasteiger partial charge >= 0.3 is 0 Å². The van der Waals surface area contributed by atoms with Gasteiger partial charge in [0.25, 0.3) is 0 Å². The van der Waals surface area contributed by atoms with Gasteiger partial charge in [0.1, 0.15) is 0 Å². The molecular formula is C35H36Si. The van der Waals surface area contributed by atoms with Gasteiger partial charge in [-0.25, -0.2) is 0 Å². The second-order valence-electron chi connectivity index (χ2n) is 10.8. The Morgan fingerprint density at radius 2 is 0.889 bits per heavy atom. The Hall–Kier alpha value is -3.42. The molecule has 0 spiro atoms. The Bertz CT molecular complexity index is 1300. The summed E-state index contributed by atoms with van der Waals surface area (Å²) in [6, 6.07) is 32.6. The van der Waals surface area contributed by atoms with Crippen LogP contribution in [0.25, 0.3) is 5.57 Å². The van der Waals surface area contributed by atoms with Crippen molar-refractivity contribution in [3.8, 4) is 0 Å². The molecule has 0 nitrogen and oxygen atoms in total. The molecule has 1 unspecified atom stereocenters. The lowest BCUT2D eigenvalue weighted by molar-refractivity contribution is 1.31. The van der Waals surface area contributed by atoms with Crippen LogP contribution in [-0.4, -0.2) is 8.07 Å². The van der Waals surface area contributed by atoms with Crippen molar-refractivity contribution in [3.63, 3.8) is 0 Å². The second-order valence-corrected chi connectivity index (χ2v) is 14.8. The zero-order chi connectivity index (χ0) is 25.4. The minimum Gasteiger partial charge on any atom is -0.0787 e. The number of hydrogen-bond acceptors (Lipinski definition) is 0. The third-order valence-electron chi connectivity index (χ3n) is 7.48. The van der Waals surface area contributed by atoms with Crippen molar-refractivity contribution in [2.24, 2.45) is 0 Å². The molecular weight excluding hydrogens is 448 g/mol.